The highest BCUT2D eigenvalue weighted by atomic mass is 127. The SMILES string of the molecule is Clc1cccc(Nc2ncnc3c(I)cc(I)cc23)c1. The molecule has 6 heteroatoms. The van der Waals surface area contributed by atoms with Crippen molar-refractivity contribution in [3.05, 3.63) is 54.9 Å². The summed E-state index contributed by atoms with van der Waals surface area (Å²) in [6, 6.07) is 11.7. The van der Waals surface area contributed by atoms with Crippen LogP contribution < -0.4 is 5.32 Å². The van der Waals surface area contributed by atoms with E-state index in [0.717, 1.165) is 29.5 Å². The van der Waals surface area contributed by atoms with E-state index in [4.69, 9.17) is 11.6 Å². The van der Waals surface area contributed by atoms with Crippen molar-refractivity contribution in [1.29, 1.82) is 0 Å². The van der Waals surface area contributed by atoms with Gasteiger partial charge in [-0.3, -0.25) is 0 Å². The predicted octanol–water partition coefficient (Wildman–Crippen LogP) is 5.24. The number of halogens is 3. The molecule has 20 heavy (non-hydrogen) atoms. The van der Waals surface area contributed by atoms with E-state index in [9.17, 15) is 0 Å². The molecule has 2 aromatic carbocycles. The molecule has 0 amide bonds. The maximum atomic E-state index is 6.00. The van der Waals surface area contributed by atoms with Crippen molar-refractivity contribution in [1.82, 2.24) is 9.97 Å². The van der Waals surface area contributed by atoms with Crippen molar-refractivity contribution >= 4 is 79.2 Å². The van der Waals surface area contributed by atoms with Crippen LogP contribution >= 0.6 is 56.8 Å². The maximum Gasteiger partial charge on any atom is 0.141 e. The van der Waals surface area contributed by atoms with Gasteiger partial charge in [0.05, 0.1) is 5.52 Å². The number of hydrogen-bond donors (Lipinski definition) is 1. The summed E-state index contributed by atoms with van der Waals surface area (Å²) in [6.45, 7) is 0. The van der Waals surface area contributed by atoms with E-state index in [-0.39, 0.29) is 0 Å². The molecule has 0 aliphatic heterocycles. The predicted molar refractivity (Wildman–Crippen MR) is 99.7 cm³/mol. The van der Waals surface area contributed by atoms with Gasteiger partial charge in [0.2, 0.25) is 0 Å². The average Bonchev–Trinajstić information content (AvgIpc) is 2.40. The van der Waals surface area contributed by atoms with Crippen molar-refractivity contribution in [3.63, 3.8) is 0 Å². The minimum Gasteiger partial charge on any atom is -0.340 e. The summed E-state index contributed by atoms with van der Waals surface area (Å²) in [6.07, 6.45) is 1.57. The van der Waals surface area contributed by atoms with Gasteiger partial charge in [-0.15, -0.1) is 0 Å². The minimum atomic E-state index is 0.692. The van der Waals surface area contributed by atoms with Crippen LogP contribution in [0.2, 0.25) is 5.02 Å². The van der Waals surface area contributed by atoms with Crippen LogP contribution in [-0.4, -0.2) is 9.97 Å². The Labute approximate surface area is 148 Å². The summed E-state index contributed by atoms with van der Waals surface area (Å²) in [4.78, 5) is 8.70. The lowest BCUT2D eigenvalue weighted by Crippen LogP contribution is -1.97. The molecule has 0 unspecified atom stereocenters. The van der Waals surface area contributed by atoms with Gasteiger partial charge in [0, 0.05) is 23.2 Å². The van der Waals surface area contributed by atoms with Crippen molar-refractivity contribution in [2.75, 3.05) is 5.32 Å². The second kappa shape index (κ2) is 5.98. The normalized spacial score (nSPS) is 10.8. The fraction of sp³-hybridized carbons (Fsp3) is 0. The first-order valence-electron chi connectivity index (χ1n) is 5.76. The van der Waals surface area contributed by atoms with Crippen LogP contribution in [-0.2, 0) is 0 Å². The summed E-state index contributed by atoms with van der Waals surface area (Å²) >= 11 is 10.6. The monoisotopic (exact) mass is 507 g/mol. The first-order valence-corrected chi connectivity index (χ1v) is 8.29. The minimum absolute atomic E-state index is 0.692. The third-order valence-electron chi connectivity index (χ3n) is 2.74. The lowest BCUT2D eigenvalue weighted by Gasteiger charge is -2.09. The van der Waals surface area contributed by atoms with Crippen LogP contribution in [0, 0.1) is 7.14 Å². The van der Waals surface area contributed by atoms with Gasteiger partial charge in [0.1, 0.15) is 12.1 Å². The van der Waals surface area contributed by atoms with Gasteiger partial charge in [0.25, 0.3) is 0 Å². The Kier molecular flexibility index (Phi) is 4.27. The number of nitrogens with zero attached hydrogens (tertiary/aromatic N) is 2. The third kappa shape index (κ3) is 2.99. The van der Waals surface area contributed by atoms with Gasteiger partial charge in [-0.25, -0.2) is 9.97 Å². The molecular formula is C14H8ClI2N3. The van der Waals surface area contributed by atoms with Crippen molar-refractivity contribution in [2.24, 2.45) is 0 Å². The molecule has 0 atom stereocenters. The number of aromatic nitrogens is 2. The van der Waals surface area contributed by atoms with Crippen molar-refractivity contribution in [2.45, 2.75) is 0 Å². The molecule has 1 heterocycles. The Morgan fingerprint density at radius 2 is 1.90 bits per heavy atom. The number of fused-ring (bicyclic) bond motifs is 1. The molecule has 0 radical (unpaired) electrons. The van der Waals surface area contributed by atoms with E-state index in [2.05, 4.69) is 72.6 Å². The molecule has 3 nitrogen and oxygen atoms in total. The highest BCUT2D eigenvalue weighted by Gasteiger charge is 2.08. The Morgan fingerprint density at radius 3 is 2.70 bits per heavy atom. The summed E-state index contributed by atoms with van der Waals surface area (Å²) in [5.74, 6) is 0.786. The fourth-order valence-corrected chi connectivity index (χ4v) is 4.07. The lowest BCUT2D eigenvalue weighted by molar-refractivity contribution is 1.21. The molecule has 3 rings (SSSR count). The Bertz CT molecular complexity index is 792. The molecular weight excluding hydrogens is 499 g/mol. The topological polar surface area (TPSA) is 37.8 Å². The Morgan fingerprint density at radius 1 is 1.05 bits per heavy atom. The number of benzene rings is 2. The molecule has 1 N–H and O–H groups in total. The van der Waals surface area contributed by atoms with Crippen LogP contribution in [0.3, 0.4) is 0 Å². The molecule has 0 saturated heterocycles. The van der Waals surface area contributed by atoms with E-state index < -0.39 is 0 Å². The highest BCUT2D eigenvalue weighted by Crippen LogP contribution is 2.28. The molecule has 1 aromatic heterocycles. The van der Waals surface area contributed by atoms with Gasteiger partial charge >= 0.3 is 0 Å². The van der Waals surface area contributed by atoms with E-state index in [1.54, 1.807) is 6.33 Å². The van der Waals surface area contributed by atoms with Crippen LogP contribution in [0.4, 0.5) is 11.5 Å². The Balaban J connectivity index is 2.12. The zero-order valence-corrected chi connectivity index (χ0v) is 15.1. The first kappa shape index (κ1) is 14.3. The van der Waals surface area contributed by atoms with Gasteiger partial charge in [-0.05, 0) is 75.5 Å². The molecule has 0 fully saturated rings. The molecule has 0 aliphatic carbocycles. The molecule has 0 aliphatic rings. The smallest absolute Gasteiger partial charge is 0.141 e. The van der Waals surface area contributed by atoms with E-state index in [1.807, 2.05) is 24.3 Å². The molecule has 0 spiro atoms. The van der Waals surface area contributed by atoms with Crippen LogP contribution in [0.25, 0.3) is 10.9 Å². The number of nitrogens with one attached hydrogen (secondary N) is 1. The second-order valence-electron chi connectivity index (χ2n) is 4.14. The van der Waals surface area contributed by atoms with Crippen LogP contribution in [0.15, 0.2) is 42.7 Å². The van der Waals surface area contributed by atoms with Crippen molar-refractivity contribution in [3.8, 4) is 0 Å². The second-order valence-corrected chi connectivity index (χ2v) is 6.99. The standard InChI is InChI=1S/C14H8ClI2N3/c15-8-2-1-3-10(4-8)20-14-11-5-9(16)6-12(17)13(11)18-7-19-14/h1-7H,(H,18,19,20). The number of rotatable bonds is 2. The van der Waals surface area contributed by atoms with Gasteiger partial charge in [0.15, 0.2) is 0 Å². The zero-order valence-electron chi connectivity index (χ0n) is 10.1. The van der Waals surface area contributed by atoms with Crippen molar-refractivity contribution < 1.29 is 0 Å². The molecule has 0 saturated carbocycles. The molecule has 3 aromatic rings. The zero-order chi connectivity index (χ0) is 14.1. The molecule has 0 bridgehead atoms. The quantitative estimate of drug-likeness (QED) is 0.483. The lowest BCUT2D eigenvalue weighted by atomic mass is 10.2. The summed E-state index contributed by atoms with van der Waals surface area (Å²) < 4.78 is 2.27. The third-order valence-corrected chi connectivity index (χ3v) is 4.42. The van der Waals surface area contributed by atoms with Crippen LogP contribution in [0.5, 0.6) is 0 Å². The maximum absolute atomic E-state index is 6.00. The summed E-state index contributed by atoms with van der Waals surface area (Å²) in [7, 11) is 0. The largest absolute Gasteiger partial charge is 0.340 e. The van der Waals surface area contributed by atoms with Gasteiger partial charge in [-0.1, -0.05) is 17.7 Å². The number of hydrogen-bond acceptors (Lipinski definition) is 3. The fourth-order valence-electron chi connectivity index (χ4n) is 1.89. The van der Waals surface area contributed by atoms with Gasteiger partial charge < -0.3 is 5.32 Å². The Hall–Kier alpha value is -0.670. The van der Waals surface area contributed by atoms with E-state index >= 15 is 0 Å². The average molecular weight is 508 g/mol. The molecule has 100 valence electrons. The summed E-state index contributed by atoms with van der Waals surface area (Å²) in [5.41, 5.74) is 1.86. The van der Waals surface area contributed by atoms with E-state index in [0.29, 0.717) is 5.02 Å². The van der Waals surface area contributed by atoms with Crippen LogP contribution in [0.1, 0.15) is 0 Å². The van der Waals surface area contributed by atoms with Gasteiger partial charge in [-0.2, -0.15) is 0 Å². The highest BCUT2D eigenvalue weighted by molar-refractivity contribution is 14.1. The first-order chi connectivity index (χ1) is 9.63. The number of anilines is 2. The summed E-state index contributed by atoms with van der Waals surface area (Å²) in [5, 5.41) is 5.00. The van der Waals surface area contributed by atoms with E-state index in [1.165, 1.54) is 0 Å².